The Morgan fingerprint density at radius 1 is 1.20 bits per heavy atom. The first-order valence-corrected chi connectivity index (χ1v) is 6.17. The number of nitrogens with zero attached hydrogens (tertiary/aromatic N) is 1. The molecular weight excluding hydrogens is 279 g/mol. The van der Waals surface area contributed by atoms with Crippen LogP contribution < -0.4 is 0 Å². The molecule has 0 saturated carbocycles. The lowest BCUT2D eigenvalue weighted by Crippen LogP contribution is -2.51. The van der Waals surface area contributed by atoms with E-state index in [-0.39, 0.29) is 6.54 Å². The Bertz CT molecular complexity index is 389. The van der Waals surface area contributed by atoms with Gasteiger partial charge in [0.05, 0.1) is 11.8 Å². The molecular formula is C12H18F3NO4. The van der Waals surface area contributed by atoms with E-state index < -0.39 is 48.6 Å². The smallest absolute Gasteiger partial charge is 0.410 e. The molecule has 0 aromatic heterocycles. The summed E-state index contributed by atoms with van der Waals surface area (Å²) in [7, 11) is 0. The number of halogens is 3. The average molecular weight is 297 g/mol. The van der Waals surface area contributed by atoms with Gasteiger partial charge in [0.25, 0.3) is 0 Å². The number of rotatable bonds is 1. The normalized spacial score (nSPS) is 24.4. The van der Waals surface area contributed by atoms with Gasteiger partial charge in [0.1, 0.15) is 5.60 Å². The van der Waals surface area contributed by atoms with Crippen LogP contribution in [0.5, 0.6) is 0 Å². The molecule has 1 saturated heterocycles. The number of ether oxygens (including phenoxy) is 1. The van der Waals surface area contributed by atoms with Crippen molar-refractivity contribution >= 4 is 12.1 Å². The summed E-state index contributed by atoms with van der Waals surface area (Å²) in [5, 5.41) is 8.91. The quantitative estimate of drug-likeness (QED) is 0.807. The number of carboxylic acid groups (broad SMARTS) is 1. The molecule has 1 amide bonds. The zero-order chi connectivity index (χ0) is 15.7. The predicted octanol–water partition coefficient (Wildman–Crippen LogP) is 2.51. The summed E-state index contributed by atoms with van der Waals surface area (Å²) < 4.78 is 43.3. The number of piperidine rings is 1. The Hall–Kier alpha value is -1.47. The average Bonchev–Trinajstić information content (AvgIpc) is 2.24. The molecule has 0 aromatic carbocycles. The van der Waals surface area contributed by atoms with E-state index in [0.29, 0.717) is 0 Å². The largest absolute Gasteiger partial charge is 0.481 e. The zero-order valence-electron chi connectivity index (χ0n) is 11.5. The van der Waals surface area contributed by atoms with E-state index in [4.69, 9.17) is 9.84 Å². The van der Waals surface area contributed by atoms with Gasteiger partial charge in [0.15, 0.2) is 0 Å². The van der Waals surface area contributed by atoms with Crippen LogP contribution in [0.4, 0.5) is 18.0 Å². The molecule has 8 heteroatoms. The fourth-order valence-electron chi connectivity index (χ4n) is 1.99. The number of hydrogen-bond acceptors (Lipinski definition) is 3. The Balaban J connectivity index is 2.85. The van der Waals surface area contributed by atoms with E-state index >= 15 is 0 Å². The van der Waals surface area contributed by atoms with Gasteiger partial charge in [-0.2, -0.15) is 13.2 Å². The Kier molecular flexibility index (Phi) is 4.55. The lowest BCUT2D eigenvalue weighted by atomic mass is 9.89. The van der Waals surface area contributed by atoms with Gasteiger partial charge in [-0.15, -0.1) is 0 Å². The fraction of sp³-hybridized carbons (Fsp3) is 0.833. The van der Waals surface area contributed by atoms with E-state index in [1.165, 1.54) is 0 Å². The molecule has 1 aliphatic rings. The SMILES string of the molecule is CC(C)(C)OC(=O)N1CC(C(=O)O)CC(C(F)(F)F)C1. The zero-order valence-corrected chi connectivity index (χ0v) is 11.5. The maximum absolute atomic E-state index is 12.8. The molecule has 5 nitrogen and oxygen atoms in total. The summed E-state index contributed by atoms with van der Waals surface area (Å²) in [6.45, 7) is 3.93. The molecule has 0 spiro atoms. The number of carboxylic acids is 1. The van der Waals surface area contributed by atoms with E-state index in [9.17, 15) is 22.8 Å². The van der Waals surface area contributed by atoms with Crippen molar-refractivity contribution in [1.29, 1.82) is 0 Å². The monoisotopic (exact) mass is 297 g/mol. The van der Waals surface area contributed by atoms with Gasteiger partial charge in [-0.25, -0.2) is 4.79 Å². The lowest BCUT2D eigenvalue weighted by Gasteiger charge is -2.37. The predicted molar refractivity (Wildman–Crippen MR) is 63.1 cm³/mol. The molecule has 0 aromatic rings. The van der Waals surface area contributed by atoms with Crippen molar-refractivity contribution in [2.75, 3.05) is 13.1 Å². The highest BCUT2D eigenvalue weighted by Crippen LogP contribution is 2.35. The third kappa shape index (κ3) is 4.57. The maximum Gasteiger partial charge on any atom is 0.410 e. The van der Waals surface area contributed by atoms with Crippen LogP contribution in [0.3, 0.4) is 0 Å². The summed E-state index contributed by atoms with van der Waals surface area (Å²) in [5.41, 5.74) is -0.846. The summed E-state index contributed by atoms with van der Waals surface area (Å²) in [6, 6.07) is 0. The fourth-order valence-corrected chi connectivity index (χ4v) is 1.99. The Morgan fingerprint density at radius 2 is 1.75 bits per heavy atom. The van der Waals surface area contributed by atoms with Gasteiger partial charge in [-0.05, 0) is 27.2 Å². The van der Waals surface area contributed by atoms with E-state index in [0.717, 1.165) is 4.90 Å². The standard InChI is InChI=1S/C12H18F3NO4/c1-11(2,3)20-10(19)16-5-7(9(17)18)4-8(6-16)12(13,14)15/h7-8H,4-6H2,1-3H3,(H,17,18). The van der Waals surface area contributed by atoms with Crippen LogP contribution in [0.2, 0.25) is 0 Å². The van der Waals surface area contributed by atoms with Crippen LogP contribution >= 0.6 is 0 Å². The maximum atomic E-state index is 12.8. The Labute approximate surface area is 114 Å². The van der Waals surface area contributed by atoms with Crippen molar-refractivity contribution in [3.8, 4) is 0 Å². The van der Waals surface area contributed by atoms with Crippen LogP contribution in [-0.2, 0) is 9.53 Å². The molecule has 0 bridgehead atoms. The van der Waals surface area contributed by atoms with Gasteiger partial charge in [0.2, 0.25) is 0 Å². The number of alkyl halides is 3. The number of hydrogen-bond donors (Lipinski definition) is 1. The minimum Gasteiger partial charge on any atom is -0.481 e. The highest BCUT2D eigenvalue weighted by molar-refractivity contribution is 5.73. The number of likely N-dealkylation sites (tertiary alicyclic amines) is 1. The van der Waals surface area contributed by atoms with Gasteiger partial charge in [-0.1, -0.05) is 0 Å². The summed E-state index contributed by atoms with van der Waals surface area (Å²) in [5.74, 6) is -4.42. The van der Waals surface area contributed by atoms with Crippen molar-refractivity contribution in [2.24, 2.45) is 11.8 Å². The first-order valence-electron chi connectivity index (χ1n) is 6.17. The van der Waals surface area contributed by atoms with Crippen molar-refractivity contribution in [3.63, 3.8) is 0 Å². The molecule has 1 N–H and O–H groups in total. The topological polar surface area (TPSA) is 66.8 Å². The molecule has 116 valence electrons. The Morgan fingerprint density at radius 3 is 2.15 bits per heavy atom. The second-order valence-corrected chi connectivity index (χ2v) is 5.89. The highest BCUT2D eigenvalue weighted by Gasteiger charge is 2.47. The number of carbonyl (C=O) groups excluding carboxylic acids is 1. The third-order valence-electron chi connectivity index (χ3n) is 2.91. The van der Waals surface area contributed by atoms with Crippen LogP contribution in [0.1, 0.15) is 27.2 Å². The minimum absolute atomic E-state index is 0.267. The summed E-state index contributed by atoms with van der Waals surface area (Å²) >= 11 is 0. The number of aliphatic carboxylic acids is 1. The van der Waals surface area contributed by atoms with Crippen molar-refractivity contribution in [1.82, 2.24) is 4.90 Å². The molecule has 1 rings (SSSR count). The first kappa shape index (κ1) is 16.6. The van der Waals surface area contributed by atoms with Crippen LogP contribution in [0.25, 0.3) is 0 Å². The second-order valence-electron chi connectivity index (χ2n) is 5.89. The van der Waals surface area contributed by atoms with Crippen molar-refractivity contribution < 1.29 is 32.6 Å². The molecule has 1 aliphatic heterocycles. The third-order valence-corrected chi connectivity index (χ3v) is 2.91. The first-order chi connectivity index (χ1) is 8.90. The summed E-state index contributed by atoms with van der Waals surface area (Å²) in [6.07, 6.45) is -5.97. The van der Waals surface area contributed by atoms with Gasteiger partial charge in [-0.3, -0.25) is 4.79 Å². The molecule has 1 fully saturated rings. The van der Waals surface area contributed by atoms with E-state index in [1.807, 2.05) is 0 Å². The van der Waals surface area contributed by atoms with Crippen molar-refractivity contribution in [2.45, 2.75) is 39.0 Å². The second kappa shape index (κ2) is 5.49. The summed E-state index contributed by atoms with van der Waals surface area (Å²) in [4.78, 5) is 23.6. The van der Waals surface area contributed by atoms with Gasteiger partial charge in [0, 0.05) is 13.1 Å². The van der Waals surface area contributed by atoms with Gasteiger partial charge < -0.3 is 14.7 Å². The number of carbonyl (C=O) groups is 2. The minimum atomic E-state index is -4.53. The van der Waals surface area contributed by atoms with Crippen molar-refractivity contribution in [3.05, 3.63) is 0 Å². The van der Waals surface area contributed by atoms with Crippen LogP contribution in [0, 0.1) is 11.8 Å². The molecule has 0 radical (unpaired) electrons. The van der Waals surface area contributed by atoms with Crippen LogP contribution in [-0.4, -0.2) is 46.9 Å². The molecule has 2 unspecified atom stereocenters. The molecule has 2 atom stereocenters. The molecule has 20 heavy (non-hydrogen) atoms. The van der Waals surface area contributed by atoms with Gasteiger partial charge >= 0.3 is 18.2 Å². The highest BCUT2D eigenvalue weighted by atomic mass is 19.4. The lowest BCUT2D eigenvalue weighted by molar-refractivity contribution is -0.192. The van der Waals surface area contributed by atoms with E-state index in [1.54, 1.807) is 20.8 Å². The molecule has 1 heterocycles. The van der Waals surface area contributed by atoms with E-state index in [2.05, 4.69) is 0 Å². The number of amides is 1. The van der Waals surface area contributed by atoms with Crippen LogP contribution in [0.15, 0.2) is 0 Å². The molecule has 0 aliphatic carbocycles.